The molecule has 106 valence electrons. The van der Waals surface area contributed by atoms with Crippen LogP contribution >= 0.6 is 12.4 Å². The Morgan fingerprint density at radius 2 is 1.75 bits per heavy atom. The Kier molecular flexibility index (Phi) is 3.63. The first kappa shape index (κ1) is 14.6. The Balaban J connectivity index is 0.00000147. The van der Waals surface area contributed by atoms with Gasteiger partial charge in [-0.25, -0.2) is 4.79 Å². The maximum atomic E-state index is 11.9. The minimum absolute atomic E-state index is 0. The molecule has 0 aliphatic heterocycles. The summed E-state index contributed by atoms with van der Waals surface area (Å²) in [6.45, 7) is 5.89. The summed E-state index contributed by atoms with van der Waals surface area (Å²) in [5.74, 6) is 0.840. The normalized spacial score (nSPS) is 11.0. The fourth-order valence-corrected chi connectivity index (χ4v) is 2.58. The molecule has 0 aliphatic rings. The molecule has 0 saturated carbocycles. The van der Waals surface area contributed by atoms with Crippen LogP contribution in [0.4, 0.5) is 0 Å². The number of fused-ring (bicyclic) bond motifs is 2. The predicted molar refractivity (Wildman–Crippen MR) is 81.6 cm³/mol. The van der Waals surface area contributed by atoms with Crippen LogP contribution < -0.4 is 11.4 Å². The van der Waals surface area contributed by atoms with Gasteiger partial charge in [0.15, 0.2) is 0 Å². The van der Waals surface area contributed by atoms with E-state index in [0.717, 1.165) is 33.2 Å². The molecule has 0 amide bonds. The van der Waals surface area contributed by atoms with Crippen molar-refractivity contribution in [1.82, 2.24) is 0 Å². The number of hydrogen-bond donors (Lipinski definition) is 1. The second-order valence-corrected chi connectivity index (χ2v) is 4.85. The fraction of sp³-hybridized carbons (Fsp3) is 0.267. The Labute approximate surface area is 122 Å². The molecule has 0 unspecified atom stereocenters. The van der Waals surface area contributed by atoms with Crippen molar-refractivity contribution in [3.05, 3.63) is 45.0 Å². The molecule has 2 N–H and O–H groups in total. The van der Waals surface area contributed by atoms with Gasteiger partial charge < -0.3 is 14.6 Å². The molecule has 0 fully saturated rings. The van der Waals surface area contributed by atoms with Crippen molar-refractivity contribution in [2.45, 2.75) is 27.3 Å². The van der Waals surface area contributed by atoms with Crippen molar-refractivity contribution < 1.29 is 8.83 Å². The predicted octanol–water partition coefficient (Wildman–Crippen LogP) is 3.34. The summed E-state index contributed by atoms with van der Waals surface area (Å²) in [4.78, 5) is 11.9. The van der Waals surface area contributed by atoms with Crippen LogP contribution in [0.3, 0.4) is 0 Å². The average molecular weight is 294 g/mol. The monoisotopic (exact) mass is 293 g/mol. The van der Waals surface area contributed by atoms with Crippen molar-refractivity contribution >= 4 is 34.3 Å². The zero-order valence-electron chi connectivity index (χ0n) is 11.6. The van der Waals surface area contributed by atoms with Crippen LogP contribution in [0.25, 0.3) is 21.9 Å². The summed E-state index contributed by atoms with van der Waals surface area (Å²) in [7, 11) is 0. The first-order valence-electron chi connectivity index (χ1n) is 6.19. The molecule has 20 heavy (non-hydrogen) atoms. The van der Waals surface area contributed by atoms with Gasteiger partial charge in [-0.1, -0.05) is 0 Å². The van der Waals surface area contributed by atoms with Crippen LogP contribution in [0.15, 0.2) is 25.8 Å². The number of rotatable bonds is 1. The fourth-order valence-electron chi connectivity index (χ4n) is 2.58. The van der Waals surface area contributed by atoms with Crippen LogP contribution in [0, 0.1) is 20.8 Å². The number of nitrogens with two attached hydrogens (primary N) is 1. The first-order chi connectivity index (χ1) is 9.02. The summed E-state index contributed by atoms with van der Waals surface area (Å²) >= 11 is 0. The van der Waals surface area contributed by atoms with E-state index in [4.69, 9.17) is 14.6 Å². The average Bonchev–Trinajstić information content (AvgIpc) is 2.73. The summed E-state index contributed by atoms with van der Waals surface area (Å²) in [5.41, 5.74) is 8.88. The van der Waals surface area contributed by atoms with Gasteiger partial charge in [-0.05, 0) is 38.5 Å². The highest BCUT2D eigenvalue weighted by atomic mass is 35.5. The van der Waals surface area contributed by atoms with Crippen molar-refractivity contribution in [2.24, 2.45) is 5.73 Å². The highest BCUT2D eigenvalue weighted by Crippen LogP contribution is 2.31. The van der Waals surface area contributed by atoms with E-state index < -0.39 is 0 Å². The Morgan fingerprint density at radius 3 is 2.40 bits per heavy atom. The Bertz CT molecular complexity index is 861. The van der Waals surface area contributed by atoms with Gasteiger partial charge in [0.05, 0.1) is 5.56 Å². The smallest absolute Gasteiger partial charge is 0.341 e. The molecule has 5 heteroatoms. The third-order valence-corrected chi connectivity index (χ3v) is 3.61. The molecule has 0 atom stereocenters. The lowest BCUT2D eigenvalue weighted by Gasteiger charge is -2.08. The van der Waals surface area contributed by atoms with Crippen molar-refractivity contribution in [3.63, 3.8) is 0 Å². The van der Waals surface area contributed by atoms with Gasteiger partial charge in [-0.15, -0.1) is 12.4 Å². The second-order valence-electron chi connectivity index (χ2n) is 4.85. The minimum Gasteiger partial charge on any atom is -0.461 e. The zero-order chi connectivity index (χ0) is 13.7. The van der Waals surface area contributed by atoms with E-state index in [2.05, 4.69) is 0 Å². The van der Waals surface area contributed by atoms with E-state index in [1.165, 1.54) is 0 Å². The maximum absolute atomic E-state index is 11.9. The Morgan fingerprint density at radius 1 is 1.05 bits per heavy atom. The van der Waals surface area contributed by atoms with E-state index in [9.17, 15) is 4.79 Å². The van der Waals surface area contributed by atoms with Gasteiger partial charge in [-0.3, -0.25) is 0 Å². The molecule has 0 radical (unpaired) electrons. The van der Waals surface area contributed by atoms with Crippen molar-refractivity contribution in [1.29, 1.82) is 0 Å². The van der Waals surface area contributed by atoms with Crippen LogP contribution in [-0.4, -0.2) is 0 Å². The summed E-state index contributed by atoms with van der Waals surface area (Å²) in [6.07, 6.45) is 0. The second kappa shape index (κ2) is 4.96. The molecule has 0 saturated heterocycles. The number of benzene rings is 1. The van der Waals surface area contributed by atoms with Crippen LogP contribution in [0.1, 0.15) is 22.5 Å². The molecule has 3 rings (SSSR count). The van der Waals surface area contributed by atoms with Gasteiger partial charge in [0.25, 0.3) is 0 Å². The van der Waals surface area contributed by atoms with E-state index >= 15 is 0 Å². The molecule has 3 aromatic rings. The SMILES string of the molecule is Cc1cc2cc3c(C)c(CN)c(=O)oc3c(C)c2o1.Cl. The van der Waals surface area contributed by atoms with E-state index in [1.807, 2.05) is 32.9 Å². The molecule has 2 aromatic heterocycles. The summed E-state index contributed by atoms with van der Waals surface area (Å²) < 4.78 is 11.1. The lowest BCUT2D eigenvalue weighted by atomic mass is 10.0. The molecule has 4 nitrogen and oxygen atoms in total. The van der Waals surface area contributed by atoms with Crippen molar-refractivity contribution in [2.75, 3.05) is 0 Å². The highest BCUT2D eigenvalue weighted by molar-refractivity contribution is 5.98. The molecule has 0 aliphatic carbocycles. The van der Waals surface area contributed by atoms with Crippen LogP contribution in [-0.2, 0) is 6.54 Å². The summed E-state index contributed by atoms with van der Waals surface area (Å²) in [5, 5.41) is 1.94. The van der Waals surface area contributed by atoms with E-state index in [1.54, 1.807) is 0 Å². The number of hydrogen-bond acceptors (Lipinski definition) is 4. The highest BCUT2D eigenvalue weighted by Gasteiger charge is 2.15. The molecule has 0 bridgehead atoms. The molecular weight excluding hydrogens is 278 g/mol. The molecule has 0 spiro atoms. The number of aryl methyl sites for hydroxylation is 3. The first-order valence-corrected chi connectivity index (χ1v) is 6.19. The van der Waals surface area contributed by atoms with Crippen LogP contribution in [0.5, 0.6) is 0 Å². The maximum Gasteiger partial charge on any atom is 0.341 e. The minimum atomic E-state index is -0.363. The van der Waals surface area contributed by atoms with E-state index in [0.29, 0.717) is 11.1 Å². The van der Waals surface area contributed by atoms with Gasteiger partial charge in [0.2, 0.25) is 0 Å². The molecular formula is C15H16ClNO3. The topological polar surface area (TPSA) is 69.4 Å². The summed E-state index contributed by atoms with van der Waals surface area (Å²) in [6, 6.07) is 3.97. The molecule has 1 aromatic carbocycles. The number of furan rings is 1. The third-order valence-electron chi connectivity index (χ3n) is 3.61. The largest absolute Gasteiger partial charge is 0.461 e. The quantitative estimate of drug-likeness (QED) is 0.699. The number of halogens is 1. The lowest BCUT2D eigenvalue weighted by Crippen LogP contribution is -2.14. The molecule has 2 heterocycles. The van der Waals surface area contributed by atoms with Crippen molar-refractivity contribution in [3.8, 4) is 0 Å². The van der Waals surface area contributed by atoms with Gasteiger partial charge >= 0.3 is 5.63 Å². The van der Waals surface area contributed by atoms with E-state index in [-0.39, 0.29) is 24.6 Å². The van der Waals surface area contributed by atoms with Crippen LogP contribution in [0.2, 0.25) is 0 Å². The third kappa shape index (κ3) is 1.92. The van der Waals surface area contributed by atoms with Gasteiger partial charge in [-0.2, -0.15) is 0 Å². The standard InChI is InChI=1S/C15H15NO3.ClH/c1-7-4-10-5-11-8(2)12(6-16)15(17)19-14(11)9(3)13(10)18-7;/h4-5H,6,16H2,1-3H3;1H. The lowest BCUT2D eigenvalue weighted by molar-refractivity contribution is 0.543. The Hall–Kier alpha value is -1.78. The van der Waals surface area contributed by atoms with Gasteiger partial charge in [0, 0.05) is 22.9 Å². The van der Waals surface area contributed by atoms with Gasteiger partial charge in [0.1, 0.15) is 16.9 Å². The zero-order valence-corrected chi connectivity index (χ0v) is 12.4.